The van der Waals surface area contributed by atoms with Gasteiger partial charge < -0.3 is 15.8 Å². The molecular weight excluding hydrogens is 206 g/mol. The minimum Gasteiger partial charge on any atom is -0.381 e. The quantitative estimate of drug-likeness (QED) is 0.671. The highest BCUT2D eigenvalue weighted by Gasteiger charge is 2.16. The van der Waals surface area contributed by atoms with Crippen molar-refractivity contribution in [2.24, 2.45) is 5.73 Å². The summed E-state index contributed by atoms with van der Waals surface area (Å²) in [7, 11) is 1.91. The number of likely N-dealkylation sites (N-methyl/N-ethyl adjacent to an activating group) is 1. The summed E-state index contributed by atoms with van der Waals surface area (Å²) in [5, 5.41) is 3.02. The Labute approximate surface area is 97.3 Å². The van der Waals surface area contributed by atoms with Gasteiger partial charge >= 0.3 is 0 Å². The van der Waals surface area contributed by atoms with E-state index in [1.807, 2.05) is 18.9 Å². The summed E-state index contributed by atoms with van der Waals surface area (Å²) < 4.78 is 5.24. The van der Waals surface area contributed by atoms with Crippen LogP contribution < -0.4 is 11.1 Å². The molecule has 1 unspecified atom stereocenters. The van der Waals surface area contributed by atoms with E-state index in [2.05, 4.69) is 5.32 Å². The van der Waals surface area contributed by atoms with Crippen molar-refractivity contribution in [2.45, 2.75) is 31.8 Å². The van der Waals surface area contributed by atoms with Crippen molar-refractivity contribution in [3.63, 3.8) is 0 Å². The van der Waals surface area contributed by atoms with Crippen LogP contribution in [0.3, 0.4) is 0 Å². The summed E-state index contributed by atoms with van der Waals surface area (Å²) >= 11 is 0. The van der Waals surface area contributed by atoms with Gasteiger partial charge in [-0.05, 0) is 26.8 Å². The lowest BCUT2D eigenvalue weighted by Gasteiger charge is -2.25. The van der Waals surface area contributed by atoms with E-state index in [9.17, 15) is 4.79 Å². The average molecular weight is 229 g/mol. The van der Waals surface area contributed by atoms with Gasteiger partial charge in [-0.3, -0.25) is 9.69 Å². The van der Waals surface area contributed by atoms with Crippen LogP contribution in [0.5, 0.6) is 0 Å². The van der Waals surface area contributed by atoms with Gasteiger partial charge in [0.25, 0.3) is 0 Å². The molecule has 0 saturated carbocycles. The molecule has 1 amide bonds. The van der Waals surface area contributed by atoms with Crippen LogP contribution in [0, 0.1) is 0 Å². The number of carbonyl (C=O) groups is 1. The van der Waals surface area contributed by atoms with E-state index in [-0.39, 0.29) is 18.0 Å². The number of amides is 1. The second-order valence-electron chi connectivity index (χ2n) is 4.63. The van der Waals surface area contributed by atoms with E-state index < -0.39 is 0 Å². The number of carbonyl (C=O) groups excluding carboxylic acids is 1. The van der Waals surface area contributed by atoms with Crippen molar-refractivity contribution in [3.8, 4) is 0 Å². The molecule has 0 bridgehead atoms. The molecule has 1 rings (SSSR count). The molecule has 5 nitrogen and oxygen atoms in total. The van der Waals surface area contributed by atoms with E-state index in [1.54, 1.807) is 0 Å². The van der Waals surface area contributed by atoms with Gasteiger partial charge in [0.15, 0.2) is 0 Å². The van der Waals surface area contributed by atoms with E-state index in [1.165, 1.54) is 0 Å². The minimum absolute atomic E-state index is 0.0788. The Bertz CT molecular complexity index is 215. The van der Waals surface area contributed by atoms with Gasteiger partial charge in [-0.25, -0.2) is 0 Å². The summed E-state index contributed by atoms with van der Waals surface area (Å²) in [6.07, 6.45) is 1.84. The molecule has 3 N–H and O–H groups in total. The first-order valence-electron chi connectivity index (χ1n) is 5.89. The molecule has 0 aliphatic carbocycles. The average Bonchev–Trinajstić information content (AvgIpc) is 2.17. The highest BCUT2D eigenvalue weighted by atomic mass is 16.5. The fourth-order valence-corrected chi connectivity index (χ4v) is 1.92. The van der Waals surface area contributed by atoms with Crippen LogP contribution in [-0.2, 0) is 9.53 Å². The molecule has 1 aliphatic heterocycles. The Morgan fingerprint density at radius 3 is 2.75 bits per heavy atom. The maximum atomic E-state index is 11.7. The summed E-state index contributed by atoms with van der Waals surface area (Å²) in [5.74, 6) is 0.0788. The third kappa shape index (κ3) is 5.44. The molecule has 94 valence electrons. The Hall–Kier alpha value is -0.650. The highest BCUT2D eigenvalue weighted by molar-refractivity contribution is 5.78. The molecule has 16 heavy (non-hydrogen) atoms. The smallest absolute Gasteiger partial charge is 0.234 e. The molecule has 0 spiro atoms. The third-order valence-corrected chi connectivity index (χ3v) is 2.60. The number of hydrogen-bond acceptors (Lipinski definition) is 4. The normalized spacial score (nSPS) is 19.8. The molecular formula is C11H23N3O2. The first kappa shape index (κ1) is 13.4. The number of hydrogen-bond donors (Lipinski definition) is 2. The number of ether oxygens (including phenoxy) is 1. The molecule has 0 aromatic heterocycles. The van der Waals surface area contributed by atoms with Gasteiger partial charge in [0.05, 0.1) is 6.54 Å². The second-order valence-corrected chi connectivity index (χ2v) is 4.63. The zero-order chi connectivity index (χ0) is 12.0. The SMILES string of the molecule is CC(N)CN(C)CC(=O)NC1CCOCC1. The predicted octanol–water partition coefficient (Wildman–Crippen LogP) is -0.439. The number of nitrogens with one attached hydrogen (secondary N) is 1. The van der Waals surface area contributed by atoms with Crippen LogP contribution in [0.1, 0.15) is 19.8 Å². The van der Waals surface area contributed by atoms with Gasteiger partial charge in [-0.1, -0.05) is 0 Å². The maximum absolute atomic E-state index is 11.7. The minimum atomic E-state index is 0.0788. The molecule has 1 heterocycles. The largest absolute Gasteiger partial charge is 0.381 e. The standard InChI is InChI=1S/C11H23N3O2/c1-9(12)7-14(2)8-11(15)13-10-3-5-16-6-4-10/h9-10H,3-8,12H2,1-2H3,(H,13,15). The molecule has 0 radical (unpaired) electrons. The van der Waals surface area contributed by atoms with Crippen LogP contribution in [0.4, 0.5) is 0 Å². The zero-order valence-electron chi connectivity index (χ0n) is 10.2. The van der Waals surface area contributed by atoms with Crippen molar-refractivity contribution in [3.05, 3.63) is 0 Å². The lowest BCUT2D eigenvalue weighted by molar-refractivity contribution is -0.123. The van der Waals surface area contributed by atoms with Crippen molar-refractivity contribution >= 4 is 5.91 Å². The van der Waals surface area contributed by atoms with Crippen LogP contribution in [0.25, 0.3) is 0 Å². The summed E-state index contributed by atoms with van der Waals surface area (Å²) in [4.78, 5) is 13.6. The molecule has 0 aromatic rings. The molecule has 1 saturated heterocycles. The van der Waals surface area contributed by atoms with Crippen LogP contribution in [0.2, 0.25) is 0 Å². The third-order valence-electron chi connectivity index (χ3n) is 2.60. The van der Waals surface area contributed by atoms with Crippen LogP contribution >= 0.6 is 0 Å². The maximum Gasteiger partial charge on any atom is 0.234 e. The fourth-order valence-electron chi connectivity index (χ4n) is 1.92. The first-order valence-corrected chi connectivity index (χ1v) is 5.89. The van der Waals surface area contributed by atoms with Gasteiger partial charge in [0.1, 0.15) is 0 Å². The second kappa shape index (κ2) is 6.83. The van der Waals surface area contributed by atoms with E-state index in [0.717, 1.165) is 32.6 Å². The molecule has 1 aliphatic rings. The monoisotopic (exact) mass is 229 g/mol. The van der Waals surface area contributed by atoms with Gasteiger partial charge in [-0.2, -0.15) is 0 Å². The van der Waals surface area contributed by atoms with Crippen LogP contribution in [0.15, 0.2) is 0 Å². The van der Waals surface area contributed by atoms with E-state index in [4.69, 9.17) is 10.5 Å². The van der Waals surface area contributed by atoms with Crippen LogP contribution in [-0.4, -0.2) is 56.2 Å². The van der Waals surface area contributed by atoms with Crippen molar-refractivity contribution in [1.29, 1.82) is 0 Å². The molecule has 1 atom stereocenters. The Kier molecular flexibility index (Phi) is 5.73. The number of nitrogens with zero attached hydrogens (tertiary/aromatic N) is 1. The topological polar surface area (TPSA) is 67.6 Å². The van der Waals surface area contributed by atoms with E-state index >= 15 is 0 Å². The van der Waals surface area contributed by atoms with Crippen molar-refractivity contribution < 1.29 is 9.53 Å². The van der Waals surface area contributed by atoms with Gasteiger partial charge in [-0.15, -0.1) is 0 Å². The Morgan fingerprint density at radius 2 is 2.19 bits per heavy atom. The predicted molar refractivity (Wildman–Crippen MR) is 63.1 cm³/mol. The Balaban J connectivity index is 2.18. The van der Waals surface area contributed by atoms with E-state index in [0.29, 0.717) is 6.54 Å². The summed E-state index contributed by atoms with van der Waals surface area (Å²) in [5.41, 5.74) is 5.66. The lowest BCUT2D eigenvalue weighted by Crippen LogP contribution is -2.45. The fraction of sp³-hybridized carbons (Fsp3) is 0.909. The van der Waals surface area contributed by atoms with Gasteiger partial charge in [0, 0.05) is 31.8 Å². The first-order chi connectivity index (χ1) is 7.58. The lowest BCUT2D eigenvalue weighted by atomic mass is 10.1. The number of nitrogens with two attached hydrogens (primary N) is 1. The summed E-state index contributed by atoms with van der Waals surface area (Å²) in [6.45, 7) is 4.59. The molecule has 0 aromatic carbocycles. The number of rotatable bonds is 5. The molecule has 5 heteroatoms. The zero-order valence-corrected chi connectivity index (χ0v) is 10.2. The van der Waals surface area contributed by atoms with Crippen molar-refractivity contribution in [2.75, 3.05) is 33.4 Å². The van der Waals surface area contributed by atoms with Gasteiger partial charge in [0.2, 0.25) is 5.91 Å². The molecule has 1 fully saturated rings. The van der Waals surface area contributed by atoms with Crippen molar-refractivity contribution in [1.82, 2.24) is 10.2 Å². The summed E-state index contributed by atoms with van der Waals surface area (Å²) in [6, 6.07) is 0.380. The Morgan fingerprint density at radius 1 is 1.56 bits per heavy atom. The highest BCUT2D eigenvalue weighted by Crippen LogP contribution is 2.05.